The van der Waals surface area contributed by atoms with E-state index in [-0.39, 0.29) is 23.9 Å². The Labute approximate surface area is 83.8 Å². The predicted octanol–water partition coefficient (Wildman–Crippen LogP) is 1.70. The van der Waals surface area contributed by atoms with Crippen molar-refractivity contribution in [2.24, 2.45) is 11.8 Å². The van der Waals surface area contributed by atoms with Gasteiger partial charge >= 0.3 is 5.97 Å². The molecule has 0 unspecified atom stereocenters. The Balaban J connectivity index is 2.06. The van der Waals surface area contributed by atoms with Crippen LogP contribution >= 0.6 is 0 Å². The fourth-order valence-corrected chi connectivity index (χ4v) is 2.75. The first-order valence-corrected chi connectivity index (χ1v) is 5.39. The van der Waals surface area contributed by atoms with Gasteiger partial charge in [0, 0.05) is 12.8 Å². The van der Waals surface area contributed by atoms with Gasteiger partial charge in [-0.05, 0) is 25.7 Å². The van der Waals surface area contributed by atoms with Crippen molar-refractivity contribution < 1.29 is 14.3 Å². The van der Waals surface area contributed by atoms with E-state index >= 15 is 0 Å². The topological polar surface area (TPSA) is 43.4 Å². The molecule has 14 heavy (non-hydrogen) atoms. The molecule has 3 nitrogen and oxygen atoms in total. The smallest absolute Gasteiger partial charge is 0.302 e. The first kappa shape index (κ1) is 9.69. The molecule has 0 amide bonds. The molecule has 2 bridgehead atoms. The van der Waals surface area contributed by atoms with E-state index in [0.29, 0.717) is 5.78 Å². The minimum atomic E-state index is -0.258. The number of hydrogen-bond acceptors (Lipinski definition) is 3. The van der Waals surface area contributed by atoms with Gasteiger partial charge in [-0.1, -0.05) is 6.42 Å². The van der Waals surface area contributed by atoms with E-state index in [9.17, 15) is 9.59 Å². The highest BCUT2D eigenvalue weighted by Crippen LogP contribution is 2.38. The summed E-state index contributed by atoms with van der Waals surface area (Å²) in [6.07, 6.45) is 4.72. The lowest BCUT2D eigenvalue weighted by molar-refractivity contribution is -0.157. The van der Waals surface area contributed by atoms with Crippen LogP contribution in [0.5, 0.6) is 0 Å². The molecule has 2 aliphatic carbocycles. The fraction of sp³-hybridized carbons (Fsp3) is 0.818. The van der Waals surface area contributed by atoms with Gasteiger partial charge in [-0.2, -0.15) is 0 Å². The molecule has 0 aliphatic heterocycles. The molecular formula is C11H16O3. The second-order valence-electron chi connectivity index (χ2n) is 4.36. The van der Waals surface area contributed by atoms with Crippen LogP contribution in [0.25, 0.3) is 0 Å². The van der Waals surface area contributed by atoms with E-state index < -0.39 is 0 Å². The van der Waals surface area contributed by atoms with Gasteiger partial charge in [0.1, 0.15) is 11.9 Å². The van der Waals surface area contributed by atoms with Crippen LogP contribution in [-0.4, -0.2) is 17.9 Å². The summed E-state index contributed by atoms with van der Waals surface area (Å²) in [5, 5.41) is 0. The summed E-state index contributed by atoms with van der Waals surface area (Å²) in [7, 11) is 0. The molecule has 0 radical (unpaired) electrons. The second kappa shape index (κ2) is 3.71. The molecule has 2 aliphatic rings. The summed E-state index contributed by atoms with van der Waals surface area (Å²) in [5.41, 5.74) is 0. The van der Waals surface area contributed by atoms with Crippen molar-refractivity contribution in [3.63, 3.8) is 0 Å². The van der Waals surface area contributed by atoms with Gasteiger partial charge in [0.25, 0.3) is 0 Å². The van der Waals surface area contributed by atoms with Crippen LogP contribution in [0.3, 0.4) is 0 Å². The van der Waals surface area contributed by atoms with E-state index in [1.165, 1.54) is 6.92 Å². The minimum Gasteiger partial charge on any atom is -0.462 e. The van der Waals surface area contributed by atoms with Gasteiger partial charge in [-0.3, -0.25) is 9.59 Å². The van der Waals surface area contributed by atoms with Crippen LogP contribution < -0.4 is 0 Å². The van der Waals surface area contributed by atoms with Crippen molar-refractivity contribution in [1.82, 2.24) is 0 Å². The maximum absolute atomic E-state index is 11.8. The largest absolute Gasteiger partial charge is 0.462 e. The lowest BCUT2D eigenvalue weighted by Gasteiger charge is -2.37. The Kier molecular flexibility index (Phi) is 2.57. The van der Waals surface area contributed by atoms with Gasteiger partial charge in [-0.25, -0.2) is 0 Å². The molecule has 3 heteroatoms. The number of fused-ring (bicyclic) bond motifs is 2. The molecular weight excluding hydrogens is 180 g/mol. The zero-order valence-corrected chi connectivity index (χ0v) is 8.49. The standard InChI is InChI=1S/C11H16O3/c1-7(12)14-10-6-5-8-3-2-4-9(10)11(8)13/h8-10H,2-6H2,1H3/t8-,9+,10-/m1/s1. The van der Waals surface area contributed by atoms with Gasteiger partial charge in [-0.15, -0.1) is 0 Å². The number of ether oxygens (including phenoxy) is 1. The van der Waals surface area contributed by atoms with E-state index in [0.717, 1.165) is 32.1 Å². The zero-order chi connectivity index (χ0) is 10.1. The first-order chi connectivity index (χ1) is 6.68. The monoisotopic (exact) mass is 196 g/mol. The first-order valence-electron chi connectivity index (χ1n) is 5.39. The number of ketones is 1. The molecule has 0 aromatic heterocycles. The van der Waals surface area contributed by atoms with E-state index in [4.69, 9.17) is 4.74 Å². The highest BCUT2D eigenvalue weighted by molar-refractivity contribution is 5.85. The maximum atomic E-state index is 11.8. The van der Waals surface area contributed by atoms with Gasteiger partial charge in [0.05, 0.1) is 5.92 Å². The summed E-state index contributed by atoms with van der Waals surface area (Å²) >= 11 is 0. The second-order valence-corrected chi connectivity index (χ2v) is 4.36. The molecule has 2 fully saturated rings. The third-order valence-corrected chi connectivity index (χ3v) is 3.40. The van der Waals surface area contributed by atoms with Crippen molar-refractivity contribution in [2.75, 3.05) is 0 Å². The molecule has 0 N–H and O–H groups in total. The van der Waals surface area contributed by atoms with Crippen molar-refractivity contribution in [2.45, 2.75) is 45.1 Å². The highest BCUT2D eigenvalue weighted by Gasteiger charge is 2.41. The third kappa shape index (κ3) is 1.68. The Bertz CT molecular complexity index is 259. The molecule has 0 saturated heterocycles. The highest BCUT2D eigenvalue weighted by atomic mass is 16.5. The summed E-state index contributed by atoms with van der Waals surface area (Å²) in [4.78, 5) is 22.7. The molecule has 2 saturated carbocycles. The molecule has 0 spiro atoms. The summed E-state index contributed by atoms with van der Waals surface area (Å²) in [5.74, 6) is 0.354. The van der Waals surface area contributed by atoms with Gasteiger partial charge in [0.15, 0.2) is 0 Å². The van der Waals surface area contributed by atoms with Crippen LogP contribution in [-0.2, 0) is 14.3 Å². The van der Waals surface area contributed by atoms with Crippen molar-refractivity contribution in [3.8, 4) is 0 Å². The number of rotatable bonds is 1. The molecule has 0 aromatic carbocycles. The molecule has 0 aromatic rings. The quantitative estimate of drug-likeness (QED) is 0.599. The fourth-order valence-electron chi connectivity index (χ4n) is 2.75. The van der Waals surface area contributed by atoms with Crippen LogP contribution in [0.15, 0.2) is 0 Å². The number of carbonyl (C=O) groups is 2. The Morgan fingerprint density at radius 2 is 2.07 bits per heavy atom. The molecule has 2 rings (SSSR count). The van der Waals surface area contributed by atoms with Crippen LogP contribution in [0.1, 0.15) is 39.0 Å². The maximum Gasteiger partial charge on any atom is 0.302 e. The number of hydrogen-bond donors (Lipinski definition) is 0. The normalized spacial score (nSPS) is 36.6. The van der Waals surface area contributed by atoms with E-state index in [1.54, 1.807) is 0 Å². The predicted molar refractivity (Wildman–Crippen MR) is 50.6 cm³/mol. The van der Waals surface area contributed by atoms with Gasteiger partial charge < -0.3 is 4.74 Å². The SMILES string of the molecule is CC(=O)O[C@@H]1CC[C@H]2CCC[C@@H]1C2=O. The lowest BCUT2D eigenvalue weighted by Crippen LogP contribution is -2.43. The summed E-state index contributed by atoms with van der Waals surface area (Å²) < 4.78 is 5.19. The zero-order valence-electron chi connectivity index (χ0n) is 8.49. The van der Waals surface area contributed by atoms with Crippen LogP contribution in [0, 0.1) is 11.8 Å². The third-order valence-electron chi connectivity index (χ3n) is 3.40. The van der Waals surface area contributed by atoms with Crippen molar-refractivity contribution in [3.05, 3.63) is 0 Å². The number of Topliss-reactive ketones (excluding diaryl/α,β-unsaturated/α-hetero) is 1. The number of esters is 1. The minimum absolute atomic E-state index is 0.00593. The Morgan fingerprint density at radius 3 is 2.79 bits per heavy atom. The molecule has 3 atom stereocenters. The summed E-state index contributed by atoms with van der Waals surface area (Å²) in [6.45, 7) is 1.42. The van der Waals surface area contributed by atoms with E-state index in [1.807, 2.05) is 0 Å². The van der Waals surface area contributed by atoms with Crippen molar-refractivity contribution >= 4 is 11.8 Å². The summed E-state index contributed by atoms with van der Waals surface area (Å²) in [6, 6.07) is 0. The Hall–Kier alpha value is -0.860. The average molecular weight is 196 g/mol. The van der Waals surface area contributed by atoms with Crippen LogP contribution in [0.2, 0.25) is 0 Å². The van der Waals surface area contributed by atoms with Gasteiger partial charge in [0.2, 0.25) is 0 Å². The lowest BCUT2D eigenvalue weighted by atomic mass is 9.70. The average Bonchev–Trinajstić information content (AvgIpc) is 2.09. The van der Waals surface area contributed by atoms with Crippen molar-refractivity contribution in [1.29, 1.82) is 0 Å². The van der Waals surface area contributed by atoms with E-state index in [2.05, 4.69) is 0 Å². The molecule has 0 heterocycles. The van der Waals surface area contributed by atoms with Crippen LogP contribution in [0.4, 0.5) is 0 Å². The number of carbonyl (C=O) groups excluding carboxylic acids is 2. The molecule has 78 valence electrons. The Morgan fingerprint density at radius 1 is 1.29 bits per heavy atom.